The highest BCUT2D eigenvalue weighted by molar-refractivity contribution is 5.76. The molecular weight excluding hydrogens is 286 g/mol. The first kappa shape index (κ1) is 16.5. The molecule has 0 bridgehead atoms. The fourth-order valence-electron chi connectivity index (χ4n) is 3.68. The summed E-state index contributed by atoms with van der Waals surface area (Å²) in [4.78, 5) is 17.1. The summed E-state index contributed by atoms with van der Waals surface area (Å²) in [6.07, 6.45) is 4.10. The minimum atomic E-state index is 0.332. The molecule has 2 heterocycles. The molecule has 1 amide bonds. The Morgan fingerprint density at radius 3 is 2.74 bits per heavy atom. The molecule has 3 rings (SSSR count). The monoisotopic (exact) mass is 315 g/mol. The van der Waals surface area contributed by atoms with E-state index in [9.17, 15) is 4.79 Å². The number of carbonyl (C=O) groups is 1. The van der Waals surface area contributed by atoms with Gasteiger partial charge in [-0.15, -0.1) is 0 Å². The van der Waals surface area contributed by atoms with Crippen LogP contribution in [0.15, 0.2) is 30.3 Å². The van der Waals surface area contributed by atoms with E-state index < -0.39 is 0 Å². The zero-order chi connectivity index (χ0) is 16.1. The number of carbonyl (C=O) groups excluding carboxylic acids is 1. The minimum absolute atomic E-state index is 0.332. The van der Waals surface area contributed by atoms with Crippen molar-refractivity contribution in [1.29, 1.82) is 0 Å². The van der Waals surface area contributed by atoms with Gasteiger partial charge in [-0.05, 0) is 38.3 Å². The van der Waals surface area contributed by atoms with Crippen molar-refractivity contribution in [2.75, 3.05) is 26.2 Å². The molecule has 2 atom stereocenters. The predicted octanol–water partition coefficient (Wildman–Crippen LogP) is 2.25. The van der Waals surface area contributed by atoms with Crippen LogP contribution in [0.5, 0.6) is 0 Å². The predicted molar refractivity (Wildman–Crippen MR) is 93.2 cm³/mol. The Labute approximate surface area is 139 Å². The molecule has 23 heavy (non-hydrogen) atoms. The molecule has 1 N–H and O–H groups in total. The van der Waals surface area contributed by atoms with Crippen LogP contribution in [0, 0.1) is 0 Å². The Morgan fingerprint density at radius 2 is 2.00 bits per heavy atom. The van der Waals surface area contributed by atoms with Crippen molar-refractivity contribution in [1.82, 2.24) is 15.1 Å². The van der Waals surface area contributed by atoms with Gasteiger partial charge in [0, 0.05) is 44.7 Å². The topological polar surface area (TPSA) is 35.6 Å². The van der Waals surface area contributed by atoms with Crippen molar-refractivity contribution in [3.63, 3.8) is 0 Å². The van der Waals surface area contributed by atoms with Crippen molar-refractivity contribution in [2.45, 2.75) is 51.2 Å². The maximum absolute atomic E-state index is 12.5. The molecule has 1 aromatic rings. The molecule has 0 saturated carbocycles. The minimum Gasteiger partial charge on any atom is -0.341 e. The van der Waals surface area contributed by atoms with Crippen molar-refractivity contribution < 1.29 is 4.79 Å². The number of amides is 1. The van der Waals surface area contributed by atoms with Crippen molar-refractivity contribution in [3.8, 4) is 0 Å². The Balaban J connectivity index is 1.53. The van der Waals surface area contributed by atoms with Gasteiger partial charge >= 0.3 is 0 Å². The van der Waals surface area contributed by atoms with Gasteiger partial charge < -0.3 is 10.2 Å². The Kier molecular flexibility index (Phi) is 5.68. The lowest BCUT2D eigenvalue weighted by Crippen LogP contribution is -2.38. The van der Waals surface area contributed by atoms with Crippen LogP contribution in [0.1, 0.15) is 38.2 Å². The molecule has 0 aromatic heterocycles. The van der Waals surface area contributed by atoms with Gasteiger partial charge in [-0.25, -0.2) is 0 Å². The van der Waals surface area contributed by atoms with Crippen LogP contribution in [0.3, 0.4) is 0 Å². The Bertz CT molecular complexity index is 499. The fraction of sp³-hybridized carbons (Fsp3) is 0.632. The normalized spacial score (nSPS) is 26.2. The quantitative estimate of drug-likeness (QED) is 0.926. The number of hydrogen-bond donors (Lipinski definition) is 1. The number of rotatable bonds is 4. The van der Waals surface area contributed by atoms with E-state index in [0.29, 0.717) is 24.4 Å². The van der Waals surface area contributed by atoms with Gasteiger partial charge in [0.2, 0.25) is 5.91 Å². The first-order valence-corrected chi connectivity index (χ1v) is 9.01. The molecule has 4 heteroatoms. The van der Waals surface area contributed by atoms with Crippen molar-refractivity contribution >= 4 is 5.91 Å². The summed E-state index contributed by atoms with van der Waals surface area (Å²) < 4.78 is 0. The zero-order valence-electron chi connectivity index (χ0n) is 14.2. The van der Waals surface area contributed by atoms with E-state index in [1.54, 1.807) is 0 Å². The molecule has 2 unspecified atom stereocenters. The highest BCUT2D eigenvalue weighted by Crippen LogP contribution is 2.17. The average molecular weight is 315 g/mol. The number of nitrogens with one attached hydrogen (secondary N) is 1. The van der Waals surface area contributed by atoms with E-state index in [1.165, 1.54) is 12.0 Å². The summed E-state index contributed by atoms with van der Waals surface area (Å²) >= 11 is 0. The van der Waals surface area contributed by atoms with E-state index >= 15 is 0 Å². The summed E-state index contributed by atoms with van der Waals surface area (Å²) in [5.74, 6) is 0.332. The van der Waals surface area contributed by atoms with E-state index in [2.05, 4.69) is 52.4 Å². The lowest BCUT2D eigenvalue weighted by atomic mass is 10.1. The van der Waals surface area contributed by atoms with E-state index in [1.807, 2.05) is 0 Å². The van der Waals surface area contributed by atoms with Crippen LogP contribution in [-0.2, 0) is 11.3 Å². The summed E-state index contributed by atoms with van der Waals surface area (Å²) in [5.41, 5.74) is 1.36. The standard InChI is InChI=1S/C19H29N3O/c1-16-9-11-21(19(23)14-18-8-5-10-20-18)12-13-22(16)15-17-6-3-2-4-7-17/h2-4,6-7,16,18,20H,5,8-15H2,1H3. The molecule has 2 fully saturated rings. The molecule has 0 spiro atoms. The maximum atomic E-state index is 12.5. The lowest BCUT2D eigenvalue weighted by Gasteiger charge is -2.26. The summed E-state index contributed by atoms with van der Waals surface area (Å²) in [6.45, 7) is 7.07. The first-order valence-electron chi connectivity index (χ1n) is 9.01. The second-order valence-electron chi connectivity index (χ2n) is 6.97. The molecule has 2 saturated heterocycles. The number of benzene rings is 1. The first-order chi connectivity index (χ1) is 11.2. The molecule has 0 radical (unpaired) electrons. The number of nitrogens with zero attached hydrogens (tertiary/aromatic N) is 2. The van der Waals surface area contributed by atoms with Crippen LogP contribution >= 0.6 is 0 Å². The van der Waals surface area contributed by atoms with Gasteiger partial charge in [-0.3, -0.25) is 9.69 Å². The molecule has 126 valence electrons. The zero-order valence-corrected chi connectivity index (χ0v) is 14.2. The smallest absolute Gasteiger partial charge is 0.224 e. The van der Waals surface area contributed by atoms with Gasteiger partial charge in [0.1, 0.15) is 0 Å². The molecule has 0 aliphatic carbocycles. The summed E-state index contributed by atoms with van der Waals surface area (Å²) in [7, 11) is 0. The molecule has 2 aliphatic heterocycles. The van der Waals surface area contributed by atoms with Gasteiger partial charge in [-0.2, -0.15) is 0 Å². The second-order valence-corrected chi connectivity index (χ2v) is 6.97. The van der Waals surface area contributed by atoms with Gasteiger partial charge in [0.25, 0.3) is 0 Å². The largest absolute Gasteiger partial charge is 0.341 e. The van der Waals surface area contributed by atoms with Crippen LogP contribution in [-0.4, -0.2) is 54.0 Å². The van der Waals surface area contributed by atoms with Crippen LogP contribution in [0.4, 0.5) is 0 Å². The third-order valence-electron chi connectivity index (χ3n) is 5.26. The third kappa shape index (κ3) is 4.55. The van der Waals surface area contributed by atoms with Crippen LogP contribution < -0.4 is 5.32 Å². The second kappa shape index (κ2) is 7.93. The Hall–Kier alpha value is -1.39. The van der Waals surface area contributed by atoms with Crippen LogP contribution in [0.25, 0.3) is 0 Å². The Morgan fingerprint density at radius 1 is 1.17 bits per heavy atom. The molecule has 1 aromatic carbocycles. The highest BCUT2D eigenvalue weighted by atomic mass is 16.2. The summed E-state index contributed by atoms with van der Waals surface area (Å²) in [5, 5.41) is 3.43. The molecule has 2 aliphatic rings. The van der Waals surface area contributed by atoms with E-state index in [0.717, 1.165) is 45.6 Å². The lowest BCUT2D eigenvalue weighted by molar-refractivity contribution is -0.131. The van der Waals surface area contributed by atoms with Crippen LogP contribution in [0.2, 0.25) is 0 Å². The van der Waals surface area contributed by atoms with Crippen molar-refractivity contribution in [3.05, 3.63) is 35.9 Å². The highest BCUT2D eigenvalue weighted by Gasteiger charge is 2.26. The molecular formula is C19H29N3O. The van der Waals surface area contributed by atoms with E-state index in [-0.39, 0.29) is 0 Å². The SMILES string of the molecule is CC1CCN(C(=O)CC2CCCN2)CCN1Cc1ccccc1. The van der Waals surface area contributed by atoms with Gasteiger partial charge in [0.15, 0.2) is 0 Å². The van der Waals surface area contributed by atoms with E-state index in [4.69, 9.17) is 0 Å². The maximum Gasteiger partial charge on any atom is 0.224 e. The van der Waals surface area contributed by atoms with Gasteiger partial charge in [-0.1, -0.05) is 30.3 Å². The van der Waals surface area contributed by atoms with Gasteiger partial charge in [0.05, 0.1) is 0 Å². The fourth-order valence-corrected chi connectivity index (χ4v) is 3.68. The number of hydrogen-bond acceptors (Lipinski definition) is 3. The average Bonchev–Trinajstić information content (AvgIpc) is 3.00. The van der Waals surface area contributed by atoms with Crippen molar-refractivity contribution in [2.24, 2.45) is 0 Å². The molecule has 4 nitrogen and oxygen atoms in total. The third-order valence-corrected chi connectivity index (χ3v) is 5.26. The summed E-state index contributed by atoms with van der Waals surface area (Å²) in [6, 6.07) is 11.6.